The number of nitrogens with zero attached hydrogens (tertiary/aromatic N) is 1. The number of hydrogen-bond acceptors (Lipinski definition) is 2. The normalized spacial score (nSPS) is 18.2. The summed E-state index contributed by atoms with van der Waals surface area (Å²) in [4.78, 5) is 13.7. The standard InChI is InChI=1S/C13H17FN2O.ClH/c1-16(13(17)12-3-2-8-15-12)9-10-4-6-11(14)7-5-10;/h4-7,12,15H,2-3,8-9H2,1H3;1H/t12-;/m0./s1. The summed E-state index contributed by atoms with van der Waals surface area (Å²) >= 11 is 0. The zero-order valence-electron chi connectivity index (χ0n) is 10.4. The molecule has 100 valence electrons. The predicted molar refractivity (Wildman–Crippen MR) is 71.1 cm³/mol. The molecule has 1 heterocycles. The van der Waals surface area contributed by atoms with Gasteiger partial charge in [0.05, 0.1) is 6.04 Å². The van der Waals surface area contributed by atoms with Gasteiger partial charge in [0.15, 0.2) is 0 Å². The second kappa shape index (κ2) is 6.71. The molecular formula is C13H18ClFN2O. The third-order valence-electron chi connectivity index (χ3n) is 3.07. The van der Waals surface area contributed by atoms with Gasteiger partial charge in [0, 0.05) is 13.6 Å². The molecular weight excluding hydrogens is 255 g/mol. The van der Waals surface area contributed by atoms with E-state index in [1.54, 1.807) is 24.1 Å². The van der Waals surface area contributed by atoms with Crippen LogP contribution in [0.3, 0.4) is 0 Å². The van der Waals surface area contributed by atoms with E-state index < -0.39 is 0 Å². The average molecular weight is 273 g/mol. The Hall–Kier alpha value is -1.13. The molecule has 1 saturated heterocycles. The lowest BCUT2D eigenvalue weighted by atomic mass is 10.1. The average Bonchev–Trinajstić information content (AvgIpc) is 2.84. The predicted octanol–water partition coefficient (Wildman–Crippen LogP) is 1.96. The van der Waals surface area contributed by atoms with Crippen LogP contribution in [0.1, 0.15) is 18.4 Å². The van der Waals surface area contributed by atoms with Crippen molar-refractivity contribution >= 4 is 18.3 Å². The van der Waals surface area contributed by atoms with Crippen molar-refractivity contribution < 1.29 is 9.18 Å². The first-order valence-electron chi connectivity index (χ1n) is 5.89. The van der Waals surface area contributed by atoms with Crippen LogP contribution in [-0.2, 0) is 11.3 Å². The molecule has 0 unspecified atom stereocenters. The lowest BCUT2D eigenvalue weighted by molar-refractivity contribution is -0.132. The Balaban J connectivity index is 0.00000162. The van der Waals surface area contributed by atoms with Crippen LogP contribution in [0.25, 0.3) is 0 Å². The van der Waals surface area contributed by atoms with Crippen LogP contribution in [-0.4, -0.2) is 30.4 Å². The summed E-state index contributed by atoms with van der Waals surface area (Å²) < 4.78 is 12.7. The lowest BCUT2D eigenvalue weighted by Gasteiger charge is -2.21. The third-order valence-corrected chi connectivity index (χ3v) is 3.07. The van der Waals surface area contributed by atoms with Gasteiger partial charge >= 0.3 is 0 Å². The van der Waals surface area contributed by atoms with Crippen LogP contribution in [0, 0.1) is 5.82 Å². The number of carbonyl (C=O) groups excluding carboxylic acids is 1. The highest BCUT2D eigenvalue weighted by Gasteiger charge is 2.24. The Bertz CT molecular complexity index is 390. The Labute approximate surface area is 113 Å². The first-order chi connectivity index (χ1) is 8.16. The molecule has 18 heavy (non-hydrogen) atoms. The zero-order chi connectivity index (χ0) is 12.3. The molecule has 2 rings (SSSR count). The van der Waals surface area contributed by atoms with Gasteiger partial charge in [-0.05, 0) is 37.1 Å². The maximum absolute atomic E-state index is 12.7. The van der Waals surface area contributed by atoms with E-state index in [-0.39, 0.29) is 30.2 Å². The molecule has 1 aliphatic heterocycles. The maximum atomic E-state index is 12.7. The van der Waals surface area contributed by atoms with Gasteiger partial charge in [0.2, 0.25) is 5.91 Å². The lowest BCUT2D eigenvalue weighted by Crippen LogP contribution is -2.41. The van der Waals surface area contributed by atoms with Gasteiger partial charge in [-0.2, -0.15) is 0 Å². The summed E-state index contributed by atoms with van der Waals surface area (Å²) in [6.45, 7) is 1.44. The molecule has 1 aliphatic rings. The minimum absolute atomic E-state index is 0. The quantitative estimate of drug-likeness (QED) is 0.912. The molecule has 1 atom stereocenters. The van der Waals surface area contributed by atoms with Crippen molar-refractivity contribution in [2.24, 2.45) is 0 Å². The molecule has 0 bridgehead atoms. The largest absolute Gasteiger partial charge is 0.340 e. The van der Waals surface area contributed by atoms with E-state index in [4.69, 9.17) is 0 Å². The molecule has 1 aromatic carbocycles. The third kappa shape index (κ3) is 3.68. The maximum Gasteiger partial charge on any atom is 0.239 e. The second-order valence-electron chi connectivity index (χ2n) is 4.47. The summed E-state index contributed by atoms with van der Waals surface area (Å²) in [6.07, 6.45) is 1.97. The van der Waals surface area contributed by atoms with E-state index in [1.165, 1.54) is 12.1 Å². The van der Waals surface area contributed by atoms with Crippen LogP contribution in [0.15, 0.2) is 24.3 Å². The molecule has 0 saturated carbocycles. The zero-order valence-corrected chi connectivity index (χ0v) is 11.2. The topological polar surface area (TPSA) is 32.3 Å². The van der Waals surface area contributed by atoms with Crippen molar-refractivity contribution in [3.05, 3.63) is 35.6 Å². The van der Waals surface area contributed by atoms with Crippen LogP contribution in [0.2, 0.25) is 0 Å². The molecule has 1 N–H and O–H groups in total. The number of benzene rings is 1. The van der Waals surface area contributed by atoms with Gasteiger partial charge in [0.1, 0.15) is 5.82 Å². The van der Waals surface area contributed by atoms with Crippen LogP contribution < -0.4 is 5.32 Å². The van der Waals surface area contributed by atoms with Crippen molar-refractivity contribution in [1.82, 2.24) is 10.2 Å². The highest BCUT2D eigenvalue weighted by atomic mass is 35.5. The SMILES string of the molecule is CN(Cc1ccc(F)cc1)C(=O)[C@@H]1CCCN1.Cl. The van der Waals surface area contributed by atoms with E-state index in [2.05, 4.69) is 5.32 Å². The molecule has 0 radical (unpaired) electrons. The van der Waals surface area contributed by atoms with Crippen molar-refractivity contribution in [1.29, 1.82) is 0 Å². The summed E-state index contributed by atoms with van der Waals surface area (Å²) in [5, 5.41) is 3.18. The first kappa shape index (κ1) is 14.9. The molecule has 1 aromatic rings. The van der Waals surface area contributed by atoms with E-state index in [9.17, 15) is 9.18 Å². The van der Waals surface area contributed by atoms with E-state index in [1.807, 2.05) is 0 Å². The van der Waals surface area contributed by atoms with Gasteiger partial charge in [-0.25, -0.2) is 4.39 Å². The molecule has 0 aromatic heterocycles. The number of carbonyl (C=O) groups is 1. The van der Waals surface area contributed by atoms with Gasteiger partial charge in [-0.15, -0.1) is 12.4 Å². The fourth-order valence-corrected chi connectivity index (χ4v) is 2.10. The Morgan fingerprint density at radius 2 is 2.11 bits per heavy atom. The van der Waals surface area contributed by atoms with Crippen molar-refractivity contribution in [3.63, 3.8) is 0 Å². The molecule has 3 nitrogen and oxygen atoms in total. The van der Waals surface area contributed by atoms with E-state index in [0.29, 0.717) is 6.54 Å². The van der Waals surface area contributed by atoms with Crippen molar-refractivity contribution in [2.75, 3.05) is 13.6 Å². The summed E-state index contributed by atoms with van der Waals surface area (Å²) in [7, 11) is 1.78. The molecule has 1 amide bonds. The number of likely N-dealkylation sites (N-methyl/N-ethyl adjacent to an activating group) is 1. The van der Waals surface area contributed by atoms with Crippen LogP contribution in [0.5, 0.6) is 0 Å². The number of rotatable bonds is 3. The molecule has 0 aliphatic carbocycles. The number of amides is 1. The molecule has 1 fully saturated rings. The Morgan fingerprint density at radius 3 is 2.67 bits per heavy atom. The molecule has 0 spiro atoms. The Morgan fingerprint density at radius 1 is 1.44 bits per heavy atom. The summed E-state index contributed by atoms with van der Waals surface area (Å²) in [5.74, 6) is -0.132. The fourth-order valence-electron chi connectivity index (χ4n) is 2.10. The van der Waals surface area contributed by atoms with E-state index >= 15 is 0 Å². The number of hydrogen-bond donors (Lipinski definition) is 1. The van der Waals surface area contributed by atoms with Crippen LogP contribution >= 0.6 is 12.4 Å². The monoisotopic (exact) mass is 272 g/mol. The number of halogens is 2. The minimum Gasteiger partial charge on any atom is -0.340 e. The summed E-state index contributed by atoms with van der Waals surface area (Å²) in [5.41, 5.74) is 0.945. The second-order valence-corrected chi connectivity index (χ2v) is 4.47. The summed E-state index contributed by atoms with van der Waals surface area (Å²) in [6, 6.07) is 6.21. The molecule has 5 heteroatoms. The fraction of sp³-hybridized carbons (Fsp3) is 0.462. The van der Waals surface area contributed by atoms with E-state index in [0.717, 1.165) is 24.9 Å². The van der Waals surface area contributed by atoms with Crippen molar-refractivity contribution in [3.8, 4) is 0 Å². The van der Waals surface area contributed by atoms with Crippen molar-refractivity contribution in [2.45, 2.75) is 25.4 Å². The van der Waals surface area contributed by atoms with Crippen LogP contribution in [0.4, 0.5) is 4.39 Å². The smallest absolute Gasteiger partial charge is 0.239 e. The van der Waals surface area contributed by atoms with Gasteiger partial charge in [-0.1, -0.05) is 12.1 Å². The van der Waals surface area contributed by atoms with Gasteiger partial charge in [0.25, 0.3) is 0 Å². The van der Waals surface area contributed by atoms with Gasteiger partial charge < -0.3 is 10.2 Å². The minimum atomic E-state index is -0.250. The number of nitrogens with one attached hydrogen (secondary N) is 1. The Kier molecular flexibility index (Phi) is 5.56. The van der Waals surface area contributed by atoms with Gasteiger partial charge in [-0.3, -0.25) is 4.79 Å². The first-order valence-corrected chi connectivity index (χ1v) is 5.89. The highest BCUT2D eigenvalue weighted by Crippen LogP contribution is 2.11. The highest BCUT2D eigenvalue weighted by molar-refractivity contribution is 5.85.